The second-order valence-electron chi connectivity index (χ2n) is 7.39. The zero-order chi connectivity index (χ0) is 18.6. The first kappa shape index (κ1) is 19.1. The second kappa shape index (κ2) is 8.33. The summed E-state index contributed by atoms with van der Waals surface area (Å²) in [6, 6.07) is 18.1. The molecule has 0 fully saturated rings. The monoisotopic (exact) mass is 372 g/mol. The summed E-state index contributed by atoms with van der Waals surface area (Å²) >= 11 is 0. The highest BCUT2D eigenvalue weighted by atomic mass is 32.2. The molecule has 0 bridgehead atoms. The molecule has 0 radical (unpaired) electrons. The van der Waals surface area contributed by atoms with E-state index in [2.05, 4.69) is 47.7 Å². The number of benzene rings is 2. The van der Waals surface area contributed by atoms with Crippen LogP contribution < -0.4 is 4.72 Å². The predicted octanol–water partition coefficient (Wildman–Crippen LogP) is 3.19. The van der Waals surface area contributed by atoms with Gasteiger partial charge >= 0.3 is 0 Å². The largest absolute Gasteiger partial charge is 0.294 e. The fourth-order valence-corrected chi connectivity index (χ4v) is 4.80. The maximum absolute atomic E-state index is 12.5. The van der Waals surface area contributed by atoms with E-state index >= 15 is 0 Å². The average molecular weight is 373 g/mol. The van der Waals surface area contributed by atoms with Gasteiger partial charge in [-0.15, -0.1) is 0 Å². The Labute approximate surface area is 157 Å². The minimum atomic E-state index is -3.34. The quantitative estimate of drug-likeness (QED) is 0.812. The Hall–Kier alpha value is -1.69. The van der Waals surface area contributed by atoms with Crippen molar-refractivity contribution in [1.29, 1.82) is 0 Å². The van der Waals surface area contributed by atoms with Crippen molar-refractivity contribution in [2.75, 3.05) is 13.1 Å². The van der Waals surface area contributed by atoms with Gasteiger partial charge in [-0.2, -0.15) is 0 Å². The van der Waals surface area contributed by atoms with Crippen LogP contribution in [0.2, 0.25) is 0 Å². The van der Waals surface area contributed by atoms with Crippen LogP contribution in [-0.4, -0.2) is 32.4 Å². The van der Waals surface area contributed by atoms with Crippen molar-refractivity contribution in [2.45, 2.75) is 38.6 Å². The summed E-state index contributed by atoms with van der Waals surface area (Å²) in [7, 11) is -3.34. The Morgan fingerprint density at radius 1 is 1.00 bits per heavy atom. The van der Waals surface area contributed by atoms with Gasteiger partial charge in [-0.1, -0.05) is 68.4 Å². The van der Waals surface area contributed by atoms with E-state index in [0.29, 0.717) is 12.5 Å². The number of nitrogens with zero attached hydrogens (tertiary/aromatic N) is 1. The summed E-state index contributed by atoms with van der Waals surface area (Å²) in [5, 5.41) is 0. The summed E-state index contributed by atoms with van der Waals surface area (Å²) in [4.78, 5) is 2.41. The van der Waals surface area contributed by atoms with Gasteiger partial charge in [0.1, 0.15) is 0 Å². The predicted molar refractivity (Wildman–Crippen MR) is 106 cm³/mol. The van der Waals surface area contributed by atoms with Crippen molar-refractivity contribution in [2.24, 2.45) is 5.92 Å². The van der Waals surface area contributed by atoms with Gasteiger partial charge in [0.05, 0.1) is 5.75 Å². The minimum Gasteiger partial charge on any atom is -0.294 e. The van der Waals surface area contributed by atoms with E-state index in [4.69, 9.17) is 0 Å². The molecule has 2 aromatic rings. The first-order valence-electron chi connectivity index (χ1n) is 9.27. The Kier molecular flexibility index (Phi) is 6.12. The van der Waals surface area contributed by atoms with Crippen LogP contribution in [-0.2, 0) is 28.7 Å². The van der Waals surface area contributed by atoms with Gasteiger partial charge in [-0.25, -0.2) is 13.1 Å². The molecule has 0 aliphatic carbocycles. The number of hydrogen-bond donors (Lipinski definition) is 1. The molecule has 26 heavy (non-hydrogen) atoms. The summed E-state index contributed by atoms with van der Waals surface area (Å²) in [5.74, 6) is 0.404. The molecule has 4 nitrogen and oxygen atoms in total. The van der Waals surface area contributed by atoms with Gasteiger partial charge in [0.15, 0.2) is 0 Å². The molecule has 1 aliphatic heterocycles. The number of rotatable bonds is 7. The third kappa shape index (κ3) is 4.93. The van der Waals surface area contributed by atoms with Crippen molar-refractivity contribution in [3.8, 4) is 0 Å². The number of fused-ring (bicyclic) bond motifs is 1. The lowest BCUT2D eigenvalue weighted by Gasteiger charge is -2.38. The standard InChI is InChI=1S/C21H28N2O2S/c1-17(2)21(23-13-12-19-10-6-7-11-20(19)15-23)14-22-26(24,25)16-18-8-4-3-5-9-18/h3-11,17,21-22H,12-16H2,1-2H3. The fourth-order valence-electron chi connectivity index (χ4n) is 3.64. The van der Waals surface area contributed by atoms with Crippen molar-refractivity contribution in [1.82, 2.24) is 9.62 Å². The molecule has 1 N–H and O–H groups in total. The molecule has 5 heteroatoms. The SMILES string of the molecule is CC(C)C(CNS(=O)(=O)Cc1ccccc1)N1CCc2ccccc2C1. The lowest BCUT2D eigenvalue weighted by Crippen LogP contribution is -2.48. The van der Waals surface area contributed by atoms with Gasteiger partial charge in [0, 0.05) is 25.7 Å². The normalized spacial score (nSPS) is 16.4. The van der Waals surface area contributed by atoms with E-state index in [9.17, 15) is 8.42 Å². The van der Waals surface area contributed by atoms with Gasteiger partial charge in [0.2, 0.25) is 10.0 Å². The number of sulfonamides is 1. The zero-order valence-corrected chi connectivity index (χ0v) is 16.4. The van der Waals surface area contributed by atoms with E-state index in [1.807, 2.05) is 30.3 Å². The van der Waals surface area contributed by atoms with Crippen LogP contribution in [0.25, 0.3) is 0 Å². The van der Waals surface area contributed by atoms with Crippen molar-refractivity contribution >= 4 is 10.0 Å². The van der Waals surface area contributed by atoms with Crippen molar-refractivity contribution in [3.05, 3.63) is 71.3 Å². The topological polar surface area (TPSA) is 49.4 Å². The molecular formula is C21H28N2O2S. The molecule has 140 valence electrons. The minimum absolute atomic E-state index is 0.0293. The highest BCUT2D eigenvalue weighted by molar-refractivity contribution is 7.88. The molecule has 0 saturated heterocycles. The van der Waals surface area contributed by atoms with E-state index in [1.165, 1.54) is 11.1 Å². The first-order chi connectivity index (χ1) is 12.4. The highest BCUT2D eigenvalue weighted by Gasteiger charge is 2.27. The Morgan fingerprint density at radius 2 is 1.65 bits per heavy atom. The average Bonchev–Trinajstić information content (AvgIpc) is 2.62. The first-order valence-corrected chi connectivity index (χ1v) is 10.9. The van der Waals surface area contributed by atoms with Gasteiger partial charge < -0.3 is 0 Å². The van der Waals surface area contributed by atoms with Crippen LogP contribution in [0.15, 0.2) is 54.6 Å². The zero-order valence-electron chi connectivity index (χ0n) is 15.6. The third-order valence-electron chi connectivity index (χ3n) is 5.11. The molecule has 1 aliphatic rings. The molecule has 0 amide bonds. The van der Waals surface area contributed by atoms with Gasteiger partial charge in [-0.05, 0) is 29.0 Å². The lowest BCUT2D eigenvalue weighted by atomic mass is 9.95. The number of hydrogen-bond acceptors (Lipinski definition) is 3. The van der Waals surface area contributed by atoms with Crippen LogP contribution in [0.4, 0.5) is 0 Å². The maximum atomic E-state index is 12.5. The van der Waals surface area contributed by atoms with Gasteiger partial charge in [-0.3, -0.25) is 4.90 Å². The summed E-state index contributed by atoms with van der Waals surface area (Å²) in [6.45, 7) is 6.64. The van der Waals surface area contributed by atoms with Crippen LogP contribution >= 0.6 is 0 Å². The van der Waals surface area contributed by atoms with E-state index in [0.717, 1.165) is 25.1 Å². The Morgan fingerprint density at radius 3 is 2.35 bits per heavy atom. The molecule has 0 aromatic heterocycles. The van der Waals surface area contributed by atoms with E-state index in [-0.39, 0.29) is 11.8 Å². The Bertz CT molecular complexity index is 819. The highest BCUT2D eigenvalue weighted by Crippen LogP contribution is 2.23. The third-order valence-corrected chi connectivity index (χ3v) is 6.43. The smallest absolute Gasteiger partial charge is 0.215 e. The molecule has 0 spiro atoms. The van der Waals surface area contributed by atoms with Gasteiger partial charge in [0.25, 0.3) is 0 Å². The molecular weight excluding hydrogens is 344 g/mol. The van der Waals surface area contributed by atoms with E-state index in [1.54, 1.807) is 0 Å². The second-order valence-corrected chi connectivity index (χ2v) is 9.20. The molecule has 1 unspecified atom stereocenters. The summed E-state index contributed by atoms with van der Waals surface area (Å²) in [6.07, 6.45) is 1.02. The van der Waals surface area contributed by atoms with E-state index < -0.39 is 10.0 Å². The van der Waals surface area contributed by atoms with Crippen LogP contribution in [0.1, 0.15) is 30.5 Å². The molecule has 1 heterocycles. The summed E-state index contributed by atoms with van der Waals surface area (Å²) in [5.41, 5.74) is 3.58. The van der Waals surface area contributed by atoms with Crippen LogP contribution in [0, 0.1) is 5.92 Å². The number of nitrogens with one attached hydrogen (secondary N) is 1. The molecule has 2 aromatic carbocycles. The lowest BCUT2D eigenvalue weighted by molar-refractivity contribution is 0.141. The fraction of sp³-hybridized carbons (Fsp3) is 0.429. The summed E-state index contributed by atoms with van der Waals surface area (Å²) < 4.78 is 27.8. The van der Waals surface area contributed by atoms with Crippen molar-refractivity contribution in [3.63, 3.8) is 0 Å². The van der Waals surface area contributed by atoms with Crippen molar-refractivity contribution < 1.29 is 8.42 Å². The maximum Gasteiger partial charge on any atom is 0.215 e. The van der Waals surface area contributed by atoms with Crippen LogP contribution in [0.3, 0.4) is 0 Å². The molecule has 0 saturated carbocycles. The molecule has 1 atom stereocenters. The van der Waals surface area contributed by atoms with Crippen LogP contribution in [0.5, 0.6) is 0 Å². The molecule has 3 rings (SSSR count). The Balaban J connectivity index is 1.64.